The highest BCUT2D eigenvalue weighted by Crippen LogP contribution is 2.12. The van der Waals surface area contributed by atoms with Crippen molar-refractivity contribution in [2.75, 3.05) is 19.6 Å². The molecule has 102 valence electrons. The second-order valence-electron chi connectivity index (χ2n) is 5.54. The molecule has 2 unspecified atom stereocenters. The van der Waals surface area contributed by atoms with Gasteiger partial charge in [0.1, 0.15) is 5.92 Å². The van der Waals surface area contributed by atoms with Gasteiger partial charge in [0, 0.05) is 12.6 Å². The van der Waals surface area contributed by atoms with Crippen LogP contribution < -0.4 is 5.32 Å². The van der Waals surface area contributed by atoms with Crippen molar-refractivity contribution in [2.45, 2.75) is 46.1 Å². The zero-order valence-corrected chi connectivity index (χ0v) is 11.8. The van der Waals surface area contributed by atoms with Gasteiger partial charge in [-0.25, -0.2) is 0 Å². The number of likely N-dealkylation sites (tertiary alicyclic amines) is 1. The van der Waals surface area contributed by atoms with E-state index in [0.29, 0.717) is 12.6 Å². The summed E-state index contributed by atoms with van der Waals surface area (Å²) >= 11 is 0. The van der Waals surface area contributed by atoms with Crippen molar-refractivity contribution in [3.63, 3.8) is 0 Å². The molecule has 1 rings (SSSR count). The molecule has 4 nitrogen and oxygen atoms in total. The molecule has 1 N–H and O–H groups in total. The van der Waals surface area contributed by atoms with Crippen LogP contribution >= 0.6 is 0 Å². The monoisotopic (exact) mass is 251 g/mol. The average molecular weight is 251 g/mol. The molecule has 1 aliphatic rings. The number of carbonyl (C=O) groups excluding carboxylic acids is 1. The van der Waals surface area contributed by atoms with E-state index in [1.54, 1.807) is 0 Å². The average Bonchev–Trinajstić information content (AvgIpc) is 2.37. The highest BCUT2D eigenvalue weighted by molar-refractivity contribution is 5.81. The fourth-order valence-corrected chi connectivity index (χ4v) is 2.36. The molecule has 0 aliphatic carbocycles. The van der Waals surface area contributed by atoms with E-state index in [2.05, 4.69) is 23.2 Å². The number of amides is 1. The van der Waals surface area contributed by atoms with Gasteiger partial charge in [0.25, 0.3) is 0 Å². The minimum atomic E-state index is -0.529. The second kappa shape index (κ2) is 7.38. The van der Waals surface area contributed by atoms with Gasteiger partial charge in [0.05, 0.1) is 6.07 Å². The summed E-state index contributed by atoms with van der Waals surface area (Å²) in [5.74, 6) is -0.588. The van der Waals surface area contributed by atoms with E-state index in [-0.39, 0.29) is 11.8 Å². The number of nitriles is 1. The molecule has 1 amide bonds. The number of piperidine rings is 1. The fourth-order valence-electron chi connectivity index (χ4n) is 2.36. The third-order valence-corrected chi connectivity index (χ3v) is 3.67. The van der Waals surface area contributed by atoms with Crippen LogP contribution in [0.3, 0.4) is 0 Å². The predicted octanol–water partition coefficient (Wildman–Crippen LogP) is 1.77. The first-order chi connectivity index (χ1) is 8.56. The van der Waals surface area contributed by atoms with E-state index in [4.69, 9.17) is 5.26 Å². The van der Waals surface area contributed by atoms with Crippen molar-refractivity contribution in [3.8, 4) is 6.07 Å². The minimum absolute atomic E-state index is 0.0697. The molecule has 18 heavy (non-hydrogen) atoms. The summed E-state index contributed by atoms with van der Waals surface area (Å²) in [7, 11) is 0. The normalized spacial score (nSPS) is 20.2. The maximum Gasteiger partial charge on any atom is 0.237 e. The lowest BCUT2D eigenvalue weighted by Gasteiger charge is -2.32. The quantitative estimate of drug-likeness (QED) is 0.810. The van der Waals surface area contributed by atoms with Crippen LogP contribution in [0.1, 0.15) is 40.0 Å². The van der Waals surface area contributed by atoms with Gasteiger partial charge in [-0.05, 0) is 38.8 Å². The summed E-state index contributed by atoms with van der Waals surface area (Å²) < 4.78 is 0. The van der Waals surface area contributed by atoms with Gasteiger partial charge >= 0.3 is 0 Å². The summed E-state index contributed by atoms with van der Waals surface area (Å²) in [5.41, 5.74) is 0. The largest absolute Gasteiger partial charge is 0.353 e. The summed E-state index contributed by atoms with van der Waals surface area (Å²) in [4.78, 5) is 14.3. The molecule has 0 aromatic heterocycles. The molecule has 0 aromatic rings. The summed E-state index contributed by atoms with van der Waals surface area (Å²) in [5, 5.41) is 11.9. The highest BCUT2D eigenvalue weighted by Gasteiger charge is 2.23. The Bertz CT molecular complexity index is 303. The van der Waals surface area contributed by atoms with Crippen molar-refractivity contribution < 1.29 is 4.79 Å². The Balaban J connectivity index is 2.35. The molecular formula is C14H25N3O. The molecule has 4 heteroatoms. The Morgan fingerprint density at radius 3 is 2.39 bits per heavy atom. The topological polar surface area (TPSA) is 56.1 Å². The van der Waals surface area contributed by atoms with Gasteiger partial charge in [-0.2, -0.15) is 5.26 Å². The molecule has 0 aromatic carbocycles. The van der Waals surface area contributed by atoms with Crippen LogP contribution in [0.15, 0.2) is 0 Å². The Morgan fingerprint density at radius 1 is 1.28 bits per heavy atom. The first kappa shape index (κ1) is 15.0. The molecule has 0 radical (unpaired) electrons. The van der Waals surface area contributed by atoms with Crippen LogP contribution in [-0.4, -0.2) is 36.5 Å². The maximum atomic E-state index is 11.9. The van der Waals surface area contributed by atoms with Gasteiger partial charge < -0.3 is 5.32 Å². The number of hydrogen-bond acceptors (Lipinski definition) is 3. The molecule has 1 heterocycles. The van der Waals surface area contributed by atoms with Crippen molar-refractivity contribution in [2.24, 2.45) is 11.8 Å². The van der Waals surface area contributed by atoms with Crippen LogP contribution in [0.5, 0.6) is 0 Å². The second-order valence-corrected chi connectivity index (χ2v) is 5.54. The van der Waals surface area contributed by atoms with E-state index in [1.807, 2.05) is 13.8 Å². The van der Waals surface area contributed by atoms with Gasteiger partial charge in [-0.1, -0.05) is 20.3 Å². The number of nitrogens with one attached hydrogen (secondary N) is 1. The van der Waals surface area contributed by atoms with Crippen LogP contribution in [0.4, 0.5) is 0 Å². The van der Waals surface area contributed by atoms with E-state index >= 15 is 0 Å². The molecule has 2 atom stereocenters. The smallest absolute Gasteiger partial charge is 0.237 e. The Morgan fingerprint density at radius 2 is 1.89 bits per heavy atom. The van der Waals surface area contributed by atoms with Gasteiger partial charge in [-0.15, -0.1) is 0 Å². The minimum Gasteiger partial charge on any atom is -0.353 e. The zero-order chi connectivity index (χ0) is 13.5. The van der Waals surface area contributed by atoms with E-state index in [0.717, 1.165) is 13.1 Å². The van der Waals surface area contributed by atoms with Gasteiger partial charge in [0.2, 0.25) is 5.91 Å². The highest BCUT2D eigenvalue weighted by atomic mass is 16.1. The molecule has 0 saturated carbocycles. The van der Waals surface area contributed by atoms with Crippen molar-refractivity contribution in [1.29, 1.82) is 5.26 Å². The molecular weight excluding hydrogens is 226 g/mol. The molecule has 1 saturated heterocycles. The molecule has 0 spiro atoms. The Labute approximate surface area is 110 Å². The number of nitrogens with zero attached hydrogens (tertiary/aromatic N) is 2. The third-order valence-electron chi connectivity index (χ3n) is 3.67. The molecule has 0 bridgehead atoms. The first-order valence-electron chi connectivity index (χ1n) is 6.97. The summed E-state index contributed by atoms with van der Waals surface area (Å²) in [6, 6.07) is 2.44. The van der Waals surface area contributed by atoms with Crippen molar-refractivity contribution in [3.05, 3.63) is 0 Å². The molecule has 1 fully saturated rings. The van der Waals surface area contributed by atoms with Crippen LogP contribution in [0.25, 0.3) is 0 Å². The van der Waals surface area contributed by atoms with E-state index < -0.39 is 5.92 Å². The SMILES string of the molecule is CC(C)C(C#N)C(=O)NCC(C)N1CCCCC1. The van der Waals surface area contributed by atoms with Crippen molar-refractivity contribution in [1.82, 2.24) is 10.2 Å². The first-order valence-corrected chi connectivity index (χ1v) is 6.97. The summed E-state index contributed by atoms with van der Waals surface area (Å²) in [6.07, 6.45) is 3.83. The van der Waals surface area contributed by atoms with Crippen LogP contribution in [0, 0.1) is 23.2 Å². The van der Waals surface area contributed by atoms with Crippen LogP contribution in [-0.2, 0) is 4.79 Å². The Kier molecular flexibility index (Phi) is 6.14. The number of hydrogen-bond donors (Lipinski definition) is 1. The lowest BCUT2D eigenvalue weighted by Crippen LogP contribution is -2.45. The maximum absolute atomic E-state index is 11.9. The van der Waals surface area contributed by atoms with Gasteiger partial charge in [-0.3, -0.25) is 9.69 Å². The third kappa shape index (κ3) is 4.30. The predicted molar refractivity (Wildman–Crippen MR) is 71.8 cm³/mol. The van der Waals surface area contributed by atoms with Crippen molar-refractivity contribution >= 4 is 5.91 Å². The lowest BCUT2D eigenvalue weighted by atomic mass is 9.96. The van der Waals surface area contributed by atoms with Crippen LogP contribution in [0.2, 0.25) is 0 Å². The number of carbonyl (C=O) groups is 1. The Hall–Kier alpha value is -1.08. The molecule has 1 aliphatic heterocycles. The lowest BCUT2D eigenvalue weighted by molar-refractivity contribution is -0.124. The van der Waals surface area contributed by atoms with Gasteiger partial charge in [0.15, 0.2) is 0 Å². The fraction of sp³-hybridized carbons (Fsp3) is 0.857. The van der Waals surface area contributed by atoms with E-state index in [9.17, 15) is 4.79 Å². The van der Waals surface area contributed by atoms with E-state index in [1.165, 1.54) is 19.3 Å². The standard InChI is InChI=1S/C14H25N3O/c1-11(2)13(9-15)14(18)16-10-12(3)17-7-5-4-6-8-17/h11-13H,4-8,10H2,1-3H3,(H,16,18). The zero-order valence-electron chi connectivity index (χ0n) is 11.8. The summed E-state index contributed by atoms with van der Waals surface area (Å²) in [6.45, 7) is 8.85. The number of rotatable bonds is 5.